The van der Waals surface area contributed by atoms with E-state index in [1.54, 1.807) is 0 Å². The molecule has 4 unspecified atom stereocenters. The van der Waals surface area contributed by atoms with E-state index in [9.17, 15) is 14.7 Å². The quantitative estimate of drug-likeness (QED) is 0.251. The smallest absolute Gasteiger partial charge is 0.359 e. The molecule has 0 aliphatic rings. The van der Waals surface area contributed by atoms with Crippen molar-refractivity contribution >= 4 is 11.9 Å². The number of aliphatic hydroxyl groups excluding tert-OH is 5. The molecule has 4 atom stereocenters. The molecule has 0 aliphatic heterocycles. The highest BCUT2D eigenvalue weighted by atomic mass is 16.4. The van der Waals surface area contributed by atoms with Gasteiger partial charge in [-0.05, 0) is 0 Å². The van der Waals surface area contributed by atoms with Crippen molar-refractivity contribution in [1.29, 1.82) is 0 Å². The predicted molar refractivity (Wildman–Crippen MR) is 66.7 cm³/mol. The van der Waals surface area contributed by atoms with Crippen molar-refractivity contribution in [3.05, 3.63) is 0 Å². The van der Waals surface area contributed by atoms with Crippen LogP contribution in [-0.2, 0) is 9.59 Å². The normalized spacial score (nSPS) is 17.0. The van der Waals surface area contributed by atoms with E-state index in [4.69, 9.17) is 30.6 Å². The molecule has 0 fully saturated rings. The van der Waals surface area contributed by atoms with E-state index in [1.807, 2.05) is 21.1 Å². The third-order valence-corrected chi connectivity index (χ3v) is 2.11. The van der Waals surface area contributed by atoms with Gasteiger partial charge in [-0.3, -0.25) is 0 Å². The maximum Gasteiger partial charge on any atom is 0.359 e. The summed E-state index contributed by atoms with van der Waals surface area (Å²) in [5.41, 5.74) is 0. The second kappa shape index (κ2) is 9.60. The molecule has 10 heteroatoms. The van der Waals surface area contributed by atoms with Crippen LogP contribution >= 0.6 is 0 Å². The molecule has 6 N–H and O–H groups in total. The fourth-order valence-electron chi connectivity index (χ4n) is 1.07. The van der Waals surface area contributed by atoms with Gasteiger partial charge in [0.2, 0.25) is 0 Å². The molecule has 0 heterocycles. The first-order chi connectivity index (χ1) is 9.33. The topological polar surface area (TPSA) is 179 Å². The van der Waals surface area contributed by atoms with Crippen molar-refractivity contribution < 1.29 is 49.8 Å². The molecule has 10 nitrogen and oxygen atoms in total. The van der Waals surface area contributed by atoms with Gasteiger partial charge >= 0.3 is 5.97 Å². The highest BCUT2D eigenvalue weighted by Crippen LogP contribution is 2.04. The van der Waals surface area contributed by atoms with Crippen LogP contribution in [0.25, 0.3) is 0 Å². The molecule has 0 saturated carbocycles. The van der Waals surface area contributed by atoms with Crippen LogP contribution in [0.1, 0.15) is 0 Å². The molecular formula is C11H23NO9. The first-order valence-electron chi connectivity index (χ1n) is 5.89. The molecule has 0 aromatic carbocycles. The van der Waals surface area contributed by atoms with E-state index in [1.165, 1.54) is 0 Å². The van der Waals surface area contributed by atoms with E-state index >= 15 is 0 Å². The Morgan fingerprint density at radius 1 is 1.05 bits per heavy atom. The Labute approximate surface area is 121 Å². The van der Waals surface area contributed by atoms with Crippen LogP contribution in [0.5, 0.6) is 0 Å². The Balaban J connectivity index is 0. The largest absolute Gasteiger partial charge is 0.547 e. The molecule has 0 aliphatic carbocycles. The van der Waals surface area contributed by atoms with Crippen molar-refractivity contribution in [1.82, 2.24) is 0 Å². The molecule has 0 saturated heterocycles. The third kappa shape index (κ3) is 11.1. The third-order valence-electron chi connectivity index (χ3n) is 2.11. The maximum absolute atomic E-state index is 10.00. The van der Waals surface area contributed by atoms with Gasteiger partial charge in [0.15, 0.2) is 6.54 Å². The molecular weight excluding hydrogens is 290 g/mol. The molecule has 0 spiro atoms. The van der Waals surface area contributed by atoms with E-state index in [0.29, 0.717) is 4.48 Å². The lowest BCUT2D eigenvalue weighted by molar-refractivity contribution is -0.862. The summed E-state index contributed by atoms with van der Waals surface area (Å²) in [7, 11) is 5.52. The molecule has 0 amide bonds. The van der Waals surface area contributed by atoms with Crippen molar-refractivity contribution in [2.24, 2.45) is 0 Å². The number of carbonyl (C=O) groups is 2. The number of aliphatic carboxylic acids is 2. The van der Waals surface area contributed by atoms with E-state index in [-0.39, 0.29) is 6.54 Å². The first-order valence-corrected chi connectivity index (χ1v) is 5.89. The number of likely N-dealkylation sites (N-methyl/N-ethyl adjacent to an activating group) is 1. The minimum Gasteiger partial charge on any atom is -0.547 e. The summed E-state index contributed by atoms with van der Waals surface area (Å²) in [5, 5.41) is 61.7. The molecule has 0 aromatic heterocycles. The number of carboxylic acids is 2. The van der Waals surface area contributed by atoms with Gasteiger partial charge in [0, 0.05) is 0 Å². The molecule has 0 rings (SSSR count). The predicted octanol–water partition coefficient (Wildman–Crippen LogP) is -5.05. The van der Waals surface area contributed by atoms with Gasteiger partial charge in [0.25, 0.3) is 0 Å². The number of hydrogen-bond acceptors (Lipinski definition) is 8. The molecule has 21 heavy (non-hydrogen) atoms. The Bertz CT molecular complexity index is 328. The lowest BCUT2D eigenvalue weighted by Crippen LogP contribution is -2.52. The highest BCUT2D eigenvalue weighted by Gasteiger charge is 2.30. The van der Waals surface area contributed by atoms with Gasteiger partial charge in [-0.15, -0.1) is 0 Å². The van der Waals surface area contributed by atoms with E-state index in [2.05, 4.69) is 0 Å². The second-order valence-corrected chi connectivity index (χ2v) is 5.34. The van der Waals surface area contributed by atoms with Gasteiger partial charge in [0.1, 0.15) is 24.4 Å². The zero-order chi connectivity index (χ0) is 17.4. The number of carbonyl (C=O) groups excluding carboxylic acids is 1. The molecule has 0 aromatic rings. The second-order valence-electron chi connectivity index (χ2n) is 5.34. The summed E-state index contributed by atoms with van der Waals surface area (Å²) < 4.78 is 0.481. The van der Waals surface area contributed by atoms with Crippen LogP contribution in [-0.4, -0.2) is 106 Å². The zero-order valence-electron chi connectivity index (χ0n) is 12.1. The SMILES string of the molecule is C[N+](C)(C)CC(=O)O.O=C([O-])C(O)C(O)C(O)C(O)CO. The van der Waals surface area contributed by atoms with Crippen LogP contribution in [0.15, 0.2) is 0 Å². The van der Waals surface area contributed by atoms with Gasteiger partial charge in [-0.1, -0.05) is 0 Å². The fraction of sp³-hybridized carbons (Fsp3) is 0.818. The lowest BCUT2D eigenvalue weighted by Gasteiger charge is -2.25. The standard InChI is InChI=1S/C6H12O7.C5H11NO2/c7-1-2(8)3(9)4(10)5(11)6(12)13;1-6(2,3)4-5(7)8/h2-5,7-11H,1H2,(H,12,13);4H2,1-3H3. The Morgan fingerprint density at radius 3 is 1.67 bits per heavy atom. The Hall–Kier alpha value is -1.30. The maximum atomic E-state index is 10.00. The van der Waals surface area contributed by atoms with Crippen LogP contribution < -0.4 is 5.11 Å². The molecule has 0 radical (unpaired) electrons. The molecule has 0 bridgehead atoms. The van der Waals surface area contributed by atoms with Crippen LogP contribution in [0, 0.1) is 0 Å². The average Bonchev–Trinajstić information content (AvgIpc) is 2.32. The van der Waals surface area contributed by atoms with Crippen molar-refractivity contribution in [3.8, 4) is 0 Å². The number of nitrogens with zero attached hydrogens (tertiary/aromatic N) is 1. The number of rotatable bonds is 7. The highest BCUT2D eigenvalue weighted by molar-refractivity contribution is 5.70. The summed E-state index contributed by atoms with van der Waals surface area (Å²) in [5.74, 6) is -2.73. The first kappa shape index (κ1) is 22.0. The monoisotopic (exact) mass is 313 g/mol. The number of quaternary nitrogens is 1. The Morgan fingerprint density at radius 2 is 1.48 bits per heavy atom. The minimum atomic E-state index is -2.31. The van der Waals surface area contributed by atoms with E-state index in [0.717, 1.165) is 0 Å². The van der Waals surface area contributed by atoms with Gasteiger partial charge in [-0.25, -0.2) is 4.79 Å². The summed E-state index contributed by atoms with van der Waals surface area (Å²) in [6, 6.07) is 0. The van der Waals surface area contributed by atoms with Crippen LogP contribution in [0.3, 0.4) is 0 Å². The Kier molecular flexibility index (Phi) is 10.1. The zero-order valence-corrected chi connectivity index (χ0v) is 12.1. The number of hydrogen-bond donors (Lipinski definition) is 6. The van der Waals surface area contributed by atoms with Crippen molar-refractivity contribution in [3.63, 3.8) is 0 Å². The number of aliphatic hydroxyl groups is 5. The van der Waals surface area contributed by atoms with Gasteiger partial charge < -0.3 is 45.0 Å². The van der Waals surface area contributed by atoms with Gasteiger partial charge in [-0.2, -0.15) is 0 Å². The van der Waals surface area contributed by atoms with E-state index < -0.39 is 43.0 Å². The van der Waals surface area contributed by atoms with Crippen LogP contribution in [0.2, 0.25) is 0 Å². The van der Waals surface area contributed by atoms with Gasteiger partial charge in [0.05, 0.1) is 33.7 Å². The summed E-state index contributed by atoms with van der Waals surface area (Å²) in [6.45, 7) is -0.683. The number of carboxylic acid groups (broad SMARTS) is 2. The molecule has 126 valence electrons. The van der Waals surface area contributed by atoms with Crippen LogP contribution in [0.4, 0.5) is 0 Å². The summed E-state index contributed by atoms with van der Waals surface area (Å²) >= 11 is 0. The average molecular weight is 313 g/mol. The summed E-state index contributed by atoms with van der Waals surface area (Å²) in [6.07, 6.45) is -8.08. The summed E-state index contributed by atoms with van der Waals surface area (Å²) in [4.78, 5) is 20.0. The lowest BCUT2D eigenvalue weighted by atomic mass is 10.0. The van der Waals surface area contributed by atoms with Crippen molar-refractivity contribution in [2.45, 2.75) is 24.4 Å². The fourth-order valence-corrected chi connectivity index (χ4v) is 1.07. The minimum absolute atomic E-state index is 0.181. The van der Waals surface area contributed by atoms with Crippen molar-refractivity contribution in [2.75, 3.05) is 34.3 Å².